The second-order valence-electron chi connectivity index (χ2n) is 9.10. The van der Waals surface area contributed by atoms with E-state index in [0.29, 0.717) is 0 Å². The van der Waals surface area contributed by atoms with Crippen LogP contribution < -0.4 is 4.74 Å². The molecule has 2 rings (SSSR count). The van der Waals surface area contributed by atoms with Crippen molar-refractivity contribution in [2.45, 2.75) is 117 Å². The van der Waals surface area contributed by atoms with Crippen molar-refractivity contribution >= 4 is 0 Å². The molecule has 1 heterocycles. The zero-order chi connectivity index (χ0) is 22.7. The Hall–Kier alpha value is -1.90. The Labute approximate surface area is 197 Å². The van der Waals surface area contributed by atoms with Gasteiger partial charge in [0.25, 0.3) is 0 Å². The fourth-order valence-corrected chi connectivity index (χ4v) is 4.12. The van der Waals surface area contributed by atoms with E-state index >= 15 is 0 Å². The topological polar surface area (TPSA) is 35.0 Å². The van der Waals surface area contributed by atoms with Crippen LogP contribution in [-0.4, -0.2) is 16.8 Å². The molecule has 3 heteroatoms. The number of benzene rings is 1. The number of hydrogen-bond donors (Lipinski definition) is 0. The van der Waals surface area contributed by atoms with Gasteiger partial charge in [0.2, 0.25) is 0 Å². The van der Waals surface area contributed by atoms with Crippen molar-refractivity contribution in [1.82, 2.24) is 10.2 Å². The van der Waals surface area contributed by atoms with E-state index in [2.05, 4.69) is 42.2 Å². The van der Waals surface area contributed by atoms with Crippen molar-refractivity contribution in [3.63, 3.8) is 0 Å². The van der Waals surface area contributed by atoms with Crippen molar-refractivity contribution in [1.29, 1.82) is 0 Å². The SMILES string of the molecule is CCCCCCCCCCCc1ccc(-c2ccccc2OCCCCCCCC)nn1. The van der Waals surface area contributed by atoms with Crippen LogP contribution in [0.3, 0.4) is 0 Å². The zero-order valence-electron chi connectivity index (χ0n) is 20.8. The van der Waals surface area contributed by atoms with Gasteiger partial charge in [-0.15, -0.1) is 0 Å². The van der Waals surface area contributed by atoms with Gasteiger partial charge in [-0.2, -0.15) is 10.2 Å². The Balaban J connectivity index is 1.69. The van der Waals surface area contributed by atoms with E-state index in [0.717, 1.165) is 42.1 Å². The molecule has 178 valence electrons. The average molecular weight is 439 g/mol. The number of aromatic nitrogens is 2. The fourth-order valence-electron chi connectivity index (χ4n) is 4.12. The third kappa shape index (κ3) is 11.1. The Morgan fingerprint density at radius 3 is 1.81 bits per heavy atom. The number of nitrogens with zero attached hydrogens (tertiary/aromatic N) is 2. The largest absolute Gasteiger partial charge is 0.493 e. The van der Waals surface area contributed by atoms with Crippen LogP contribution in [0, 0.1) is 0 Å². The minimum absolute atomic E-state index is 0.771. The van der Waals surface area contributed by atoms with Crippen molar-refractivity contribution < 1.29 is 4.74 Å². The van der Waals surface area contributed by atoms with Gasteiger partial charge < -0.3 is 4.74 Å². The van der Waals surface area contributed by atoms with Gasteiger partial charge in [0, 0.05) is 5.56 Å². The summed E-state index contributed by atoms with van der Waals surface area (Å²) in [4.78, 5) is 0. The standard InChI is InChI=1S/C29H46N2O/c1-3-5-7-9-11-12-13-14-16-20-26-23-24-28(31-30-26)27-21-17-18-22-29(27)32-25-19-15-10-8-6-4-2/h17-18,21-24H,3-16,19-20,25H2,1-2H3. The quantitative estimate of drug-likeness (QED) is 0.205. The molecule has 0 aliphatic carbocycles. The summed E-state index contributed by atoms with van der Waals surface area (Å²) in [6, 6.07) is 12.4. The van der Waals surface area contributed by atoms with Crippen molar-refractivity contribution in [3.05, 3.63) is 42.1 Å². The maximum atomic E-state index is 6.09. The van der Waals surface area contributed by atoms with Gasteiger partial charge in [-0.1, -0.05) is 109 Å². The van der Waals surface area contributed by atoms with Crippen molar-refractivity contribution in [2.75, 3.05) is 6.61 Å². The molecular weight excluding hydrogens is 392 g/mol. The number of aryl methyl sites for hydroxylation is 1. The van der Waals surface area contributed by atoms with E-state index in [1.54, 1.807) is 0 Å². The Morgan fingerprint density at radius 2 is 1.19 bits per heavy atom. The van der Waals surface area contributed by atoms with E-state index in [4.69, 9.17) is 4.74 Å². The fraction of sp³-hybridized carbons (Fsp3) is 0.655. The lowest BCUT2D eigenvalue weighted by Crippen LogP contribution is -2.00. The smallest absolute Gasteiger partial charge is 0.128 e. The number of ether oxygens (including phenoxy) is 1. The molecule has 1 aromatic carbocycles. The summed E-state index contributed by atoms with van der Waals surface area (Å²) in [5.41, 5.74) is 3.04. The van der Waals surface area contributed by atoms with E-state index in [1.807, 2.05) is 18.2 Å². The van der Waals surface area contributed by atoms with Crippen LogP contribution >= 0.6 is 0 Å². The van der Waals surface area contributed by atoms with E-state index in [9.17, 15) is 0 Å². The molecule has 0 bridgehead atoms. The average Bonchev–Trinajstić information content (AvgIpc) is 2.83. The molecule has 32 heavy (non-hydrogen) atoms. The molecule has 0 atom stereocenters. The Kier molecular flexibility index (Phi) is 14.5. The monoisotopic (exact) mass is 438 g/mol. The second-order valence-corrected chi connectivity index (χ2v) is 9.10. The number of para-hydroxylation sites is 1. The normalized spacial score (nSPS) is 11.1. The first-order valence-corrected chi connectivity index (χ1v) is 13.4. The first kappa shape index (κ1) is 26.4. The summed E-state index contributed by atoms with van der Waals surface area (Å²) in [6.45, 7) is 5.30. The third-order valence-corrected chi connectivity index (χ3v) is 6.17. The number of rotatable bonds is 19. The molecule has 1 aromatic heterocycles. The molecule has 3 nitrogen and oxygen atoms in total. The highest BCUT2D eigenvalue weighted by Crippen LogP contribution is 2.28. The molecule has 0 aliphatic heterocycles. The maximum absolute atomic E-state index is 6.09. The molecule has 0 radical (unpaired) electrons. The summed E-state index contributed by atoms with van der Waals surface area (Å²) >= 11 is 0. The molecule has 0 aliphatic rings. The second kappa shape index (κ2) is 17.6. The number of unbranched alkanes of at least 4 members (excludes halogenated alkanes) is 13. The zero-order valence-corrected chi connectivity index (χ0v) is 20.8. The summed E-state index contributed by atoms with van der Waals surface area (Å²) in [6.07, 6.45) is 20.8. The van der Waals surface area contributed by atoms with Gasteiger partial charge in [-0.3, -0.25) is 0 Å². The van der Waals surface area contributed by atoms with E-state index < -0.39 is 0 Å². The van der Waals surface area contributed by atoms with Crippen molar-refractivity contribution in [3.8, 4) is 17.0 Å². The Morgan fingerprint density at radius 1 is 0.594 bits per heavy atom. The first-order chi connectivity index (χ1) is 15.8. The van der Waals surface area contributed by atoms with Crippen LogP contribution in [0.15, 0.2) is 36.4 Å². The maximum Gasteiger partial charge on any atom is 0.128 e. The predicted octanol–water partition coefficient (Wildman–Crippen LogP) is 8.96. The Bertz CT molecular complexity index is 699. The van der Waals surface area contributed by atoms with E-state index in [1.165, 1.54) is 89.9 Å². The highest BCUT2D eigenvalue weighted by atomic mass is 16.5. The molecule has 0 saturated heterocycles. The molecule has 0 spiro atoms. The highest BCUT2D eigenvalue weighted by Gasteiger charge is 2.08. The molecule has 0 N–H and O–H groups in total. The van der Waals surface area contributed by atoms with Crippen molar-refractivity contribution in [2.24, 2.45) is 0 Å². The molecule has 0 amide bonds. The molecule has 2 aromatic rings. The molecule has 0 fully saturated rings. The third-order valence-electron chi connectivity index (χ3n) is 6.17. The minimum atomic E-state index is 0.771. The van der Waals surface area contributed by atoms with Crippen LogP contribution in [0.1, 0.15) is 116 Å². The minimum Gasteiger partial charge on any atom is -0.493 e. The summed E-state index contributed by atoms with van der Waals surface area (Å²) in [5.74, 6) is 0.919. The molecule has 0 saturated carbocycles. The van der Waals surface area contributed by atoms with Crippen LogP contribution in [0.25, 0.3) is 11.3 Å². The van der Waals surface area contributed by atoms with Gasteiger partial charge in [0.15, 0.2) is 0 Å². The highest BCUT2D eigenvalue weighted by molar-refractivity contribution is 5.66. The van der Waals surface area contributed by atoms with Crippen LogP contribution in [-0.2, 0) is 6.42 Å². The van der Waals surface area contributed by atoms with Gasteiger partial charge in [0.1, 0.15) is 5.75 Å². The van der Waals surface area contributed by atoms with Gasteiger partial charge in [-0.25, -0.2) is 0 Å². The van der Waals surface area contributed by atoms with E-state index in [-0.39, 0.29) is 0 Å². The predicted molar refractivity (Wildman–Crippen MR) is 137 cm³/mol. The summed E-state index contributed by atoms with van der Waals surface area (Å²) in [7, 11) is 0. The van der Waals surface area contributed by atoms with Crippen LogP contribution in [0.2, 0.25) is 0 Å². The molecular formula is C29H46N2O. The van der Waals surface area contributed by atoms with Gasteiger partial charge in [0.05, 0.1) is 18.0 Å². The van der Waals surface area contributed by atoms with Crippen LogP contribution in [0.5, 0.6) is 5.75 Å². The summed E-state index contributed by atoms with van der Waals surface area (Å²) in [5, 5.41) is 9.01. The lowest BCUT2D eigenvalue weighted by molar-refractivity contribution is 0.305. The van der Waals surface area contributed by atoms with Gasteiger partial charge in [-0.05, 0) is 43.5 Å². The van der Waals surface area contributed by atoms with Crippen LogP contribution in [0.4, 0.5) is 0 Å². The first-order valence-electron chi connectivity index (χ1n) is 13.4. The van der Waals surface area contributed by atoms with Gasteiger partial charge >= 0.3 is 0 Å². The lowest BCUT2D eigenvalue weighted by Gasteiger charge is -2.11. The lowest BCUT2D eigenvalue weighted by atomic mass is 10.1. The number of hydrogen-bond acceptors (Lipinski definition) is 3. The molecule has 0 unspecified atom stereocenters. The summed E-state index contributed by atoms with van der Waals surface area (Å²) < 4.78 is 6.09.